The van der Waals surface area contributed by atoms with Crippen molar-refractivity contribution in [3.8, 4) is 0 Å². The third-order valence-corrected chi connectivity index (χ3v) is 8.46. The van der Waals surface area contributed by atoms with Gasteiger partial charge in [0.15, 0.2) is 0 Å². The molecular formula is C11H16BrNO2S3. The van der Waals surface area contributed by atoms with Crippen LogP contribution in [0, 0.1) is 6.92 Å². The maximum atomic E-state index is 12.6. The molecule has 1 aromatic rings. The molecule has 0 radical (unpaired) electrons. The van der Waals surface area contributed by atoms with Gasteiger partial charge in [0.05, 0.1) is 3.79 Å². The van der Waals surface area contributed by atoms with Crippen LogP contribution in [0.3, 0.4) is 0 Å². The Hall–Kier alpha value is 0.440. The predicted molar refractivity (Wildman–Crippen MR) is 82.0 cm³/mol. The van der Waals surface area contributed by atoms with Crippen LogP contribution in [0.5, 0.6) is 0 Å². The normalized spacial score (nSPS) is 26.4. The van der Waals surface area contributed by atoms with E-state index in [-0.39, 0.29) is 0 Å². The topological polar surface area (TPSA) is 37.4 Å². The van der Waals surface area contributed by atoms with Gasteiger partial charge in [-0.3, -0.25) is 0 Å². The molecule has 7 heteroatoms. The second-order valence-corrected chi connectivity index (χ2v) is 11.0. The zero-order chi connectivity index (χ0) is 13.5. The Kier molecular flexibility index (Phi) is 4.48. The Morgan fingerprint density at radius 2 is 1.89 bits per heavy atom. The highest BCUT2D eigenvalue weighted by molar-refractivity contribution is 9.11. The number of thioether (sulfide) groups is 1. The third-order valence-electron chi connectivity index (χ3n) is 2.81. The third kappa shape index (κ3) is 2.95. The molecule has 2 unspecified atom stereocenters. The van der Waals surface area contributed by atoms with Gasteiger partial charge in [-0.15, -0.1) is 11.3 Å². The van der Waals surface area contributed by atoms with E-state index in [0.29, 0.717) is 27.8 Å². The van der Waals surface area contributed by atoms with E-state index in [0.717, 1.165) is 9.35 Å². The highest BCUT2D eigenvalue weighted by Gasteiger charge is 2.33. The standard InChI is InChI=1S/C11H16BrNO2S3/c1-7-4-10(17-11(7)12)18(14,15)13-5-8(2)16-9(3)6-13/h4,8-9H,5-6H2,1-3H3. The van der Waals surface area contributed by atoms with Crippen LogP contribution in [0.1, 0.15) is 19.4 Å². The Morgan fingerprint density at radius 3 is 2.33 bits per heavy atom. The molecule has 2 atom stereocenters. The van der Waals surface area contributed by atoms with E-state index in [4.69, 9.17) is 0 Å². The lowest BCUT2D eigenvalue weighted by Gasteiger charge is -2.33. The zero-order valence-corrected chi connectivity index (χ0v) is 14.5. The monoisotopic (exact) mass is 369 g/mol. The first-order chi connectivity index (χ1) is 8.30. The van der Waals surface area contributed by atoms with Gasteiger partial charge in [0, 0.05) is 23.6 Å². The smallest absolute Gasteiger partial charge is 0.206 e. The van der Waals surface area contributed by atoms with Crippen LogP contribution in [0.4, 0.5) is 0 Å². The van der Waals surface area contributed by atoms with Gasteiger partial charge in [0.25, 0.3) is 10.0 Å². The van der Waals surface area contributed by atoms with Crippen molar-refractivity contribution >= 4 is 49.1 Å². The molecule has 1 aromatic heterocycles. The molecule has 1 aliphatic heterocycles. The predicted octanol–water partition coefficient (Wildman–Crippen LogP) is 3.33. The second-order valence-electron chi connectivity index (χ2n) is 4.60. The molecule has 0 aromatic carbocycles. The molecule has 18 heavy (non-hydrogen) atoms. The molecule has 2 rings (SSSR count). The molecule has 2 heterocycles. The van der Waals surface area contributed by atoms with Gasteiger partial charge < -0.3 is 0 Å². The fourth-order valence-electron chi connectivity index (χ4n) is 2.01. The summed E-state index contributed by atoms with van der Waals surface area (Å²) in [6.07, 6.45) is 0. The van der Waals surface area contributed by atoms with Gasteiger partial charge in [0.1, 0.15) is 4.21 Å². The molecule has 1 fully saturated rings. The van der Waals surface area contributed by atoms with E-state index in [1.165, 1.54) is 11.3 Å². The summed E-state index contributed by atoms with van der Waals surface area (Å²) in [5, 5.41) is 0.709. The molecular weight excluding hydrogens is 354 g/mol. The van der Waals surface area contributed by atoms with Crippen molar-refractivity contribution in [1.82, 2.24) is 4.31 Å². The minimum atomic E-state index is -3.32. The highest BCUT2D eigenvalue weighted by atomic mass is 79.9. The number of hydrogen-bond donors (Lipinski definition) is 0. The summed E-state index contributed by atoms with van der Waals surface area (Å²) in [6, 6.07) is 1.75. The average molecular weight is 370 g/mol. The minimum Gasteiger partial charge on any atom is -0.206 e. The molecule has 1 aliphatic rings. The SMILES string of the molecule is Cc1cc(S(=O)(=O)N2CC(C)SC(C)C2)sc1Br. The fraction of sp³-hybridized carbons (Fsp3) is 0.636. The molecule has 0 amide bonds. The molecule has 0 N–H and O–H groups in total. The molecule has 0 bridgehead atoms. The Balaban J connectivity index is 2.30. The summed E-state index contributed by atoms with van der Waals surface area (Å²) in [7, 11) is -3.32. The Bertz CT molecular complexity index is 511. The van der Waals surface area contributed by atoms with Crippen molar-refractivity contribution in [2.45, 2.75) is 35.5 Å². The van der Waals surface area contributed by atoms with E-state index in [2.05, 4.69) is 29.8 Å². The van der Waals surface area contributed by atoms with E-state index in [1.807, 2.05) is 18.7 Å². The first-order valence-electron chi connectivity index (χ1n) is 5.72. The molecule has 0 aliphatic carbocycles. The average Bonchev–Trinajstić information content (AvgIpc) is 2.58. The van der Waals surface area contributed by atoms with Gasteiger partial charge in [-0.05, 0) is 34.5 Å². The largest absolute Gasteiger partial charge is 0.252 e. The summed E-state index contributed by atoms with van der Waals surface area (Å²) < 4.78 is 28.1. The lowest BCUT2D eigenvalue weighted by Crippen LogP contribution is -2.43. The molecule has 3 nitrogen and oxygen atoms in total. The number of nitrogens with zero attached hydrogens (tertiary/aromatic N) is 1. The number of thiophene rings is 1. The number of hydrogen-bond acceptors (Lipinski definition) is 4. The summed E-state index contributed by atoms with van der Waals surface area (Å²) in [5.41, 5.74) is 0.978. The van der Waals surface area contributed by atoms with Gasteiger partial charge >= 0.3 is 0 Å². The van der Waals surface area contributed by atoms with Crippen molar-refractivity contribution in [3.05, 3.63) is 15.4 Å². The Morgan fingerprint density at radius 1 is 1.33 bits per heavy atom. The van der Waals surface area contributed by atoms with E-state index < -0.39 is 10.0 Å². The maximum Gasteiger partial charge on any atom is 0.252 e. The molecule has 102 valence electrons. The van der Waals surface area contributed by atoms with Gasteiger partial charge in [-0.1, -0.05) is 13.8 Å². The van der Waals surface area contributed by atoms with Crippen molar-refractivity contribution in [1.29, 1.82) is 0 Å². The number of aryl methyl sites for hydroxylation is 1. The first-order valence-corrected chi connectivity index (χ1v) is 9.71. The van der Waals surface area contributed by atoms with Crippen LogP contribution in [0.25, 0.3) is 0 Å². The van der Waals surface area contributed by atoms with Crippen LogP contribution < -0.4 is 0 Å². The minimum absolute atomic E-state index is 0.355. The van der Waals surface area contributed by atoms with Crippen LogP contribution in [0.2, 0.25) is 0 Å². The Labute approximate surface area is 125 Å². The van der Waals surface area contributed by atoms with Crippen LogP contribution in [-0.4, -0.2) is 36.3 Å². The fourth-order valence-corrected chi connectivity index (χ4v) is 7.53. The van der Waals surface area contributed by atoms with Crippen LogP contribution in [0.15, 0.2) is 14.1 Å². The van der Waals surface area contributed by atoms with Crippen molar-refractivity contribution in [2.24, 2.45) is 0 Å². The number of rotatable bonds is 2. The molecule has 1 saturated heterocycles. The van der Waals surface area contributed by atoms with E-state index in [9.17, 15) is 8.42 Å². The van der Waals surface area contributed by atoms with Crippen LogP contribution in [-0.2, 0) is 10.0 Å². The molecule has 0 spiro atoms. The van der Waals surface area contributed by atoms with Gasteiger partial charge in [-0.2, -0.15) is 16.1 Å². The summed E-state index contributed by atoms with van der Waals surface area (Å²) >= 11 is 6.54. The summed E-state index contributed by atoms with van der Waals surface area (Å²) in [4.78, 5) is 0. The summed E-state index contributed by atoms with van der Waals surface area (Å²) in [6.45, 7) is 7.28. The van der Waals surface area contributed by atoms with Crippen molar-refractivity contribution < 1.29 is 8.42 Å². The van der Waals surface area contributed by atoms with E-state index in [1.54, 1.807) is 10.4 Å². The van der Waals surface area contributed by atoms with Crippen molar-refractivity contribution in [3.63, 3.8) is 0 Å². The molecule has 0 saturated carbocycles. The zero-order valence-electron chi connectivity index (χ0n) is 10.5. The number of sulfonamides is 1. The lowest BCUT2D eigenvalue weighted by molar-refractivity contribution is 0.406. The summed E-state index contributed by atoms with van der Waals surface area (Å²) in [5.74, 6) is 0. The lowest BCUT2D eigenvalue weighted by atomic mass is 10.4. The van der Waals surface area contributed by atoms with Gasteiger partial charge in [0.2, 0.25) is 0 Å². The van der Waals surface area contributed by atoms with E-state index >= 15 is 0 Å². The quantitative estimate of drug-likeness (QED) is 0.801. The van der Waals surface area contributed by atoms with Crippen molar-refractivity contribution in [2.75, 3.05) is 13.1 Å². The number of halogens is 1. The second kappa shape index (κ2) is 5.44. The van der Waals surface area contributed by atoms with Gasteiger partial charge in [-0.25, -0.2) is 8.42 Å². The van der Waals surface area contributed by atoms with Crippen LogP contribution >= 0.6 is 39.0 Å². The maximum absolute atomic E-state index is 12.6. The highest BCUT2D eigenvalue weighted by Crippen LogP contribution is 2.35. The first kappa shape index (κ1) is 14.8.